The van der Waals surface area contributed by atoms with Gasteiger partial charge in [-0.1, -0.05) is 20.8 Å². The van der Waals surface area contributed by atoms with Crippen molar-refractivity contribution >= 4 is 35.8 Å². The molecule has 0 saturated carbocycles. The van der Waals surface area contributed by atoms with Gasteiger partial charge < -0.3 is 25.0 Å². The number of fused-ring (bicyclic) bond motifs is 1. The van der Waals surface area contributed by atoms with E-state index in [1.807, 2.05) is 26.8 Å². The number of carbonyl (C=O) groups excluding carboxylic acids is 1. The van der Waals surface area contributed by atoms with Crippen molar-refractivity contribution in [3.63, 3.8) is 0 Å². The van der Waals surface area contributed by atoms with Crippen molar-refractivity contribution in [3.05, 3.63) is 23.3 Å². The summed E-state index contributed by atoms with van der Waals surface area (Å²) in [6, 6.07) is 4.10. The van der Waals surface area contributed by atoms with Gasteiger partial charge >= 0.3 is 0 Å². The minimum Gasteiger partial charge on any atom is -0.493 e. The number of guanidine groups is 1. The van der Waals surface area contributed by atoms with E-state index in [-0.39, 0.29) is 35.3 Å². The van der Waals surface area contributed by atoms with Crippen molar-refractivity contribution in [3.8, 4) is 11.5 Å². The molecule has 158 valence electrons. The molecule has 1 heterocycles. The largest absolute Gasteiger partial charge is 0.493 e. The smallest absolute Gasteiger partial charge is 0.225 e. The van der Waals surface area contributed by atoms with Crippen LogP contribution >= 0.6 is 24.0 Å². The molecule has 1 aliphatic heterocycles. The van der Waals surface area contributed by atoms with Gasteiger partial charge in [-0.15, -0.1) is 24.0 Å². The van der Waals surface area contributed by atoms with E-state index in [4.69, 9.17) is 9.47 Å². The van der Waals surface area contributed by atoms with Crippen molar-refractivity contribution in [1.82, 2.24) is 15.5 Å². The molecule has 0 saturated heterocycles. The maximum atomic E-state index is 11.9. The fraction of sp³-hybridized carbons (Fsp3) is 0.600. The summed E-state index contributed by atoms with van der Waals surface area (Å²) in [5, 5.41) is 6.28. The van der Waals surface area contributed by atoms with Gasteiger partial charge in [-0.2, -0.15) is 0 Å². The number of carbonyl (C=O) groups is 1. The van der Waals surface area contributed by atoms with Crippen molar-refractivity contribution in [2.75, 3.05) is 40.9 Å². The van der Waals surface area contributed by atoms with Crippen molar-refractivity contribution < 1.29 is 14.3 Å². The quantitative estimate of drug-likeness (QED) is 0.279. The predicted octanol–water partition coefficient (Wildman–Crippen LogP) is 2.42. The number of amides is 1. The Bertz CT molecular complexity index is 701. The minimum absolute atomic E-state index is 0. The van der Waals surface area contributed by atoms with Crippen LogP contribution in [0.1, 0.15) is 31.9 Å². The second kappa shape index (κ2) is 10.7. The van der Waals surface area contributed by atoms with Gasteiger partial charge in [0.05, 0.1) is 14.2 Å². The molecule has 0 aliphatic carbocycles. The molecule has 1 aromatic carbocycles. The highest BCUT2D eigenvalue weighted by molar-refractivity contribution is 14.0. The van der Waals surface area contributed by atoms with E-state index in [1.54, 1.807) is 21.3 Å². The molecule has 0 radical (unpaired) electrons. The lowest BCUT2D eigenvalue weighted by Crippen LogP contribution is -2.46. The van der Waals surface area contributed by atoms with Crippen LogP contribution < -0.4 is 20.1 Å². The minimum atomic E-state index is -0.377. The summed E-state index contributed by atoms with van der Waals surface area (Å²) in [7, 11) is 5.08. The number of benzene rings is 1. The first-order valence-corrected chi connectivity index (χ1v) is 9.27. The summed E-state index contributed by atoms with van der Waals surface area (Å²) < 4.78 is 10.8. The number of hydrogen-bond donors (Lipinski definition) is 2. The predicted molar refractivity (Wildman–Crippen MR) is 123 cm³/mol. The van der Waals surface area contributed by atoms with Crippen LogP contribution in [0.5, 0.6) is 11.5 Å². The summed E-state index contributed by atoms with van der Waals surface area (Å²) in [6.07, 6.45) is 0.914. The Balaban J connectivity index is 0.00000392. The number of nitrogens with zero attached hydrogens (tertiary/aromatic N) is 2. The highest BCUT2D eigenvalue weighted by Crippen LogP contribution is 2.33. The molecule has 7 nitrogen and oxygen atoms in total. The third-order valence-corrected chi connectivity index (χ3v) is 4.60. The Morgan fingerprint density at radius 1 is 1.11 bits per heavy atom. The van der Waals surface area contributed by atoms with E-state index >= 15 is 0 Å². The summed E-state index contributed by atoms with van der Waals surface area (Å²) in [6.45, 7) is 8.53. The van der Waals surface area contributed by atoms with Crippen LogP contribution in [0.4, 0.5) is 0 Å². The SMILES string of the molecule is CN=C(NCCNC(=O)C(C)(C)C)N1CCc2cc(OC)c(OC)cc2C1.I. The lowest BCUT2D eigenvalue weighted by Gasteiger charge is -2.32. The topological polar surface area (TPSA) is 75.2 Å². The first kappa shape index (κ1) is 24.3. The second-order valence-electron chi connectivity index (χ2n) is 7.63. The summed E-state index contributed by atoms with van der Waals surface area (Å²) in [5.41, 5.74) is 2.11. The monoisotopic (exact) mass is 504 g/mol. The van der Waals surface area contributed by atoms with Gasteiger partial charge in [-0.25, -0.2) is 0 Å². The number of methoxy groups -OCH3 is 2. The zero-order valence-corrected chi connectivity index (χ0v) is 20.0. The van der Waals surface area contributed by atoms with Crippen LogP contribution in [0, 0.1) is 5.41 Å². The Hall–Kier alpha value is -1.71. The van der Waals surface area contributed by atoms with Crippen LogP contribution in [0.3, 0.4) is 0 Å². The second-order valence-corrected chi connectivity index (χ2v) is 7.63. The summed E-state index contributed by atoms with van der Waals surface area (Å²) in [4.78, 5) is 18.5. The van der Waals surface area contributed by atoms with Crippen LogP contribution in [0.2, 0.25) is 0 Å². The molecule has 2 rings (SSSR count). The highest BCUT2D eigenvalue weighted by Gasteiger charge is 2.22. The van der Waals surface area contributed by atoms with E-state index in [1.165, 1.54) is 11.1 Å². The average molecular weight is 504 g/mol. The molecule has 0 bridgehead atoms. The van der Waals surface area contributed by atoms with E-state index < -0.39 is 0 Å². The number of hydrogen-bond acceptors (Lipinski definition) is 4. The molecule has 0 unspecified atom stereocenters. The third-order valence-electron chi connectivity index (χ3n) is 4.60. The Morgan fingerprint density at radius 3 is 2.21 bits per heavy atom. The third kappa shape index (κ3) is 6.15. The Labute approximate surface area is 185 Å². The summed E-state index contributed by atoms with van der Waals surface area (Å²) in [5.74, 6) is 2.39. The maximum Gasteiger partial charge on any atom is 0.225 e. The molecule has 0 aromatic heterocycles. The maximum absolute atomic E-state index is 11.9. The first-order valence-electron chi connectivity index (χ1n) is 9.27. The molecular formula is C20H33IN4O3. The van der Waals surface area contributed by atoms with Gasteiger partial charge in [-0.3, -0.25) is 9.79 Å². The van der Waals surface area contributed by atoms with Gasteiger partial charge in [0.1, 0.15) is 0 Å². The number of halogens is 1. The van der Waals surface area contributed by atoms with Gasteiger partial charge in [0.2, 0.25) is 5.91 Å². The van der Waals surface area contributed by atoms with Crippen molar-refractivity contribution in [1.29, 1.82) is 0 Å². The lowest BCUT2D eigenvalue weighted by molar-refractivity contribution is -0.128. The molecule has 0 fully saturated rings. The van der Waals surface area contributed by atoms with Crippen molar-refractivity contribution in [2.24, 2.45) is 10.4 Å². The van der Waals surface area contributed by atoms with Crippen LogP contribution in [-0.2, 0) is 17.8 Å². The Morgan fingerprint density at radius 2 is 1.68 bits per heavy atom. The first-order chi connectivity index (χ1) is 12.8. The molecule has 2 N–H and O–H groups in total. The van der Waals surface area contributed by atoms with E-state index in [9.17, 15) is 4.79 Å². The molecule has 0 atom stereocenters. The van der Waals surface area contributed by atoms with Gasteiger partial charge in [0, 0.05) is 38.6 Å². The van der Waals surface area contributed by atoms with Crippen molar-refractivity contribution in [2.45, 2.75) is 33.7 Å². The fourth-order valence-corrected chi connectivity index (χ4v) is 3.01. The standard InChI is InChI=1S/C20H32N4O3.HI/c1-20(2,3)18(25)22-8-9-23-19(21-4)24-10-7-14-11-16(26-5)17(27-6)12-15(14)13-24;/h11-12H,7-10,13H2,1-6H3,(H,21,23)(H,22,25);1H. The van der Waals surface area contributed by atoms with E-state index in [2.05, 4.69) is 26.6 Å². The molecule has 1 aromatic rings. The highest BCUT2D eigenvalue weighted by atomic mass is 127. The number of rotatable bonds is 5. The van der Waals surface area contributed by atoms with Gasteiger partial charge in [0.25, 0.3) is 0 Å². The molecular weight excluding hydrogens is 471 g/mol. The number of aliphatic imine (C=N–C) groups is 1. The summed E-state index contributed by atoms with van der Waals surface area (Å²) >= 11 is 0. The molecule has 1 aliphatic rings. The zero-order chi connectivity index (χ0) is 20.0. The van der Waals surface area contributed by atoms with Crippen LogP contribution in [0.25, 0.3) is 0 Å². The fourth-order valence-electron chi connectivity index (χ4n) is 3.01. The number of nitrogens with one attached hydrogen (secondary N) is 2. The van der Waals surface area contributed by atoms with Crippen LogP contribution in [-0.4, -0.2) is 57.7 Å². The number of ether oxygens (including phenoxy) is 2. The van der Waals surface area contributed by atoms with Crippen LogP contribution in [0.15, 0.2) is 17.1 Å². The molecule has 28 heavy (non-hydrogen) atoms. The molecule has 8 heteroatoms. The average Bonchev–Trinajstić information content (AvgIpc) is 2.65. The van der Waals surface area contributed by atoms with Gasteiger partial charge in [0.15, 0.2) is 17.5 Å². The van der Waals surface area contributed by atoms with E-state index in [0.717, 1.165) is 37.0 Å². The Kier molecular flexibility index (Phi) is 9.32. The zero-order valence-electron chi connectivity index (χ0n) is 17.7. The molecule has 0 spiro atoms. The normalized spacial score (nSPS) is 13.9. The lowest BCUT2D eigenvalue weighted by atomic mass is 9.96. The molecule has 1 amide bonds. The van der Waals surface area contributed by atoms with E-state index in [0.29, 0.717) is 13.1 Å². The van der Waals surface area contributed by atoms with Gasteiger partial charge in [-0.05, 0) is 29.7 Å².